The van der Waals surface area contributed by atoms with Gasteiger partial charge < -0.3 is 9.42 Å². The Hall–Kier alpha value is -3.13. The Morgan fingerprint density at radius 2 is 1.96 bits per heavy atom. The third-order valence-corrected chi connectivity index (χ3v) is 5.74. The normalized spacial score (nSPS) is 13.4. The number of hydrogen-bond acceptors (Lipinski definition) is 5. The summed E-state index contributed by atoms with van der Waals surface area (Å²) in [5.41, 5.74) is 2.29. The third kappa shape index (κ3) is 3.31. The maximum atomic E-state index is 12.9. The van der Waals surface area contributed by atoms with Crippen molar-refractivity contribution in [1.82, 2.24) is 5.16 Å². The fraction of sp³-hybridized carbons (Fsp3) is 0.158. The number of carbonyl (C=O) groups is 1. The van der Waals surface area contributed by atoms with Gasteiger partial charge in [-0.25, -0.2) is 8.42 Å². The highest BCUT2D eigenvalue weighted by atomic mass is 32.2. The number of fused-ring (bicyclic) bond motifs is 1. The lowest BCUT2D eigenvalue weighted by molar-refractivity contribution is 0.0989. The molecule has 0 spiro atoms. The summed E-state index contributed by atoms with van der Waals surface area (Å²) in [6, 6.07) is 15.2. The average molecular weight is 383 g/mol. The van der Waals surface area contributed by atoms with Crippen LogP contribution in [0.1, 0.15) is 21.7 Å². The second kappa shape index (κ2) is 6.55. The molecule has 1 aliphatic heterocycles. The van der Waals surface area contributed by atoms with Crippen molar-refractivity contribution in [3.8, 4) is 0 Å². The molecule has 1 amide bonds. The molecule has 2 aromatic carbocycles. The van der Waals surface area contributed by atoms with Crippen molar-refractivity contribution in [2.45, 2.75) is 18.2 Å². The number of amides is 1. The van der Waals surface area contributed by atoms with E-state index in [9.17, 15) is 13.2 Å². The molecule has 0 aliphatic carbocycles. The molecule has 1 aliphatic rings. The number of nitrogens with zero attached hydrogens (tertiary/aromatic N) is 2. The van der Waals surface area contributed by atoms with E-state index in [0.717, 1.165) is 17.7 Å². The summed E-state index contributed by atoms with van der Waals surface area (Å²) in [6.07, 6.45) is 0.785. The van der Waals surface area contributed by atoms with Crippen LogP contribution >= 0.6 is 0 Å². The van der Waals surface area contributed by atoms with Crippen LogP contribution in [0.5, 0.6) is 0 Å². The predicted octanol–water partition coefficient (Wildman–Crippen LogP) is 2.99. The summed E-state index contributed by atoms with van der Waals surface area (Å²) < 4.78 is 32.4. The van der Waals surface area contributed by atoms with Gasteiger partial charge in [0.1, 0.15) is 5.76 Å². The molecule has 0 atom stereocenters. The molecular formula is C19H17N3O4S. The number of aromatic nitrogens is 1. The first kappa shape index (κ1) is 17.3. The number of carbonyl (C=O) groups excluding carboxylic acids is 1. The van der Waals surface area contributed by atoms with Crippen LogP contribution < -0.4 is 9.62 Å². The Kier molecular flexibility index (Phi) is 4.19. The summed E-state index contributed by atoms with van der Waals surface area (Å²) >= 11 is 0. The van der Waals surface area contributed by atoms with Gasteiger partial charge in [0.25, 0.3) is 15.9 Å². The quantitative estimate of drug-likeness (QED) is 0.748. The number of sulfonamides is 1. The van der Waals surface area contributed by atoms with Crippen LogP contribution in [0.3, 0.4) is 0 Å². The Balaban J connectivity index is 1.62. The van der Waals surface area contributed by atoms with Crippen molar-refractivity contribution in [3.05, 3.63) is 71.5 Å². The second-order valence-corrected chi connectivity index (χ2v) is 7.97. The highest BCUT2D eigenvalue weighted by molar-refractivity contribution is 7.92. The smallest absolute Gasteiger partial charge is 0.263 e. The van der Waals surface area contributed by atoms with Gasteiger partial charge in [0.2, 0.25) is 0 Å². The van der Waals surface area contributed by atoms with E-state index in [-0.39, 0.29) is 16.6 Å². The molecule has 0 bridgehead atoms. The maximum Gasteiger partial charge on any atom is 0.263 e. The van der Waals surface area contributed by atoms with E-state index in [4.69, 9.17) is 4.52 Å². The number of aryl methyl sites for hydroxylation is 1. The molecule has 138 valence electrons. The Labute approximate surface area is 156 Å². The highest BCUT2D eigenvalue weighted by Crippen LogP contribution is 2.29. The van der Waals surface area contributed by atoms with Gasteiger partial charge in [-0.05, 0) is 43.2 Å². The summed E-state index contributed by atoms with van der Waals surface area (Å²) in [5, 5.41) is 3.63. The first-order valence-electron chi connectivity index (χ1n) is 8.40. The van der Waals surface area contributed by atoms with Crippen molar-refractivity contribution in [2.75, 3.05) is 16.2 Å². The van der Waals surface area contributed by atoms with Crippen LogP contribution in [0, 0.1) is 6.92 Å². The molecule has 8 heteroatoms. The Bertz CT molecular complexity index is 1120. The summed E-state index contributed by atoms with van der Waals surface area (Å²) in [5.74, 6) is 0.358. The molecular weight excluding hydrogens is 366 g/mol. The van der Waals surface area contributed by atoms with Crippen LogP contribution in [0.4, 0.5) is 11.5 Å². The zero-order chi connectivity index (χ0) is 19.0. The number of benzene rings is 2. The summed E-state index contributed by atoms with van der Waals surface area (Å²) in [4.78, 5) is 14.6. The van der Waals surface area contributed by atoms with Gasteiger partial charge in [-0.15, -0.1) is 0 Å². The van der Waals surface area contributed by atoms with Gasteiger partial charge in [-0.3, -0.25) is 9.52 Å². The monoisotopic (exact) mass is 383 g/mol. The number of anilines is 2. The van der Waals surface area contributed by atoms with Gasteiger partial charge in [-0.1, -0.05) is 29.4 Å². The molecule has 0 unspecified atom stereocenters. The second-order valence-electron chi connectivity index (χ2n) is 6.29. The molecule has 4 rings (SSSR count). The molecule has 7 nitrogen and oxygen atoms in total. The Morgan fingerprint density at radius 1 is 1.15 bits per heavy atom. The van der Waals surface area contributed by atoms with Gasteiger partial charge >= 0.3 is 0 Å². The van der Waals surface area contributed by atoms with Crippen molar-refractivity contribution >= 4 is 27.4 Å². The minimum atomic E-state index is -3.88. The number of nitrogens with one attached hydrogen (secondary N) is 1. The molecule has 1 N–H and O–H groups in total. The molecule has 0 radical (unpaired) electrons. The van der Waals surface area contributed by atoms with Gasteiger partial charge in [-0.2, -0.15) is 0 Å². The van der Waals surface area contributed by atoms with Crippen LogP contribution in [0.2, 0.25) is 0 Å². The number of hydrogen-bond donors (Lipinski definition) is 1. The largest absolute Gasteiger partial charge is 0.360 e. The van der Waals surface area contributed by atoms with E-state index in [1.165, 1.54) is 18.2 Å². The first-order chi connectivity index (χ1) is 12.9. The van der Waals surface area contributed by atoms with Gasteiger partial charge in [0, 0.05) is 23.9 Å². The number of para-hydroxylation sites is 1. The molecule has 0 saturated heterocycles. The molecule has 1 aromatic heterocycles. The van der Waals surface area contributed by atoms with E-state index >= 15 is 0 Å². The van der Waals surface area contributed by atoms with Gasteiger partial charge in [0.15, 0.2) is 5.82 Å². The van der Waals surface area contributed by atoms with E-state index in [2.05, 4.69) is 9.88 Å². The van der Waals surface area contributed by atoms with Crippen molar-refractivity contribution in [1.29, 1.82) is 0 Å². The molecule has 3 aromatic rings. The van der Waals surface area contributed by atoms with Crippen LogP contribution in [-0.4, -0.2) is 26.0 Å². The van der Waals surface area contributed by atoms with Crippen molar-refractivity contribution in [3.63, 3.8) is 0 Å². The Morgan fingerprint density at radius 3 is 2.74 bits per heavy atom. The zero-order valence-corrected chi connectivity index (χ0v) is 15.4. The topological polar surface area (TPSA) is 92.5 Å². The van der Waals surface area contributed by atoms with Crippen LogP contribution in [-0.2, 0) is 16.4 Å². The molecule has 0 saturated carbocycles. The third-order valence-electron chi connectivity index (χ3n) is 4.39. The number of rotatable bonds is 4. The first-order valence-corrected chi connectivity index (χ1v) is 9.88. The fourth-order valence-corrected chi connectivity index (χ4v) is 4.14. The zero-order valence-electron chi connectivity index (χ0n) is 14.5. The fourth-order valence-electron chi connectivity index (χ4n) is 3.11. The van der Waals surface area contributed by atoms with E-state index in [1.54, 1.807) is 24.0 Å². The molecule has 27 heavy (non-hydrogen) atoms. The summed E-state index contributed by atoms with van der Waals surface area (Å²) in [6.45, 7) is 2.24. The lowest BCUT2D eigenvalue weighted by Gasteiger charge is -2.17. The van der Waals surface area contributed by atoms with E-state index in [1.807, 2.05) is 24.3 Å². The summed E-state index contributed by atoms with van der Waals surface area (Å²) in [7, 11) is -3.88. The van der Waals surface area contributed by atoms with Crippen LogP contribution in [0.25, 0.3) is 0 Å². The lowest BCUT2D eigenvalue weighted by Crippen LogP contribution is -2.29. The highest BCUT2D eigenvalue weighted by Gasteiger charge is 2.26. The minimum Gasteiger partial charge on any atom is -0.360 e. The van der Waals surface area contributed by atoms with E-state index in [0.29, 0.717) is 17.9 Å². The van der Waals surface area contributed by atoms with E-state index < -0.39 is 10.0 Å². The minimum absolute atomic E-state index is 0.0125. The standard InChI is InChI=1S/C19H17N3O4S/c1-13-11-18(20-26-13)21-27(24,25)16-7-4-6-15(12-16)19(23)22-10-9-14-5-2-3-8-17(14)22/h2-8,11-12H,9-10H2,1H3,(H,20,21). The lowest BCUT2D eigenvalue weighted by atomic mass is 10.1. The average Bonchev–Trinajstić information content (AvgIpc) is 3.27. The van der Waals surface area contributed by atoms with Gasteiger partial charge in [0.05, 0.1) is 4.90 Å². The molecule has 2 heterocycles. The maximum absolute atomic E-state index is 12.9. The predicted molar refractivity (Wildman–Crippen MR) is 100 cm³/mol. The van der Waals surface area contributed by atoms with Crippen molar-refractivity contribution in [2.24, 2.45) is 0 Å². The van der Waals surface area contributed by atoms with Crippen molar-refractivity contribution < 1.29 is 17.7 Å². The van der Waals surface area contributed by atoms with Crippen LogP contribution in [0.15, 0.2) is 64.0 Å². The molecule has 0 fully saturated rings. The SMILES string of the molecule is Cc1cc(NS(=O)(=O)c2cccc(C(=O)N3CCc4ccccc43)c2)no1.